The largest absolute Gasteiger partial charge is 0.497 e. The summed E-state index contributed by atoms with van der Waals surface area (Å²) in [6.45, 7) is 0. The number of rotatable bonds is 10. The van der Waals surface area contributed by atoms with Gasteiger partial charge < -0.3 is 28.4 Å². The van der Waals surface area contributed by atoms with Crippen molar-refractivity contribution in [1.29, 1.82) is 10.5 Å². The van der Waals surface area contributed by atoms with Crippen molar-refractivity contribution in [3.05, 3.63) is 116 Å². The number of halogens is 4. The van der Waals surface area contributed by atoms with E-state index in [1.54, 1.807) is 60.7 Å². The maximum atomic E-state index is 10.4. The van der Waals surface area contributed by atoms with Crippen LogP contribution >= 0.6 is 46.4 Å². The lowest BCUT2D eigenvalue weighted by Crippen LogP contribution is -2.04. The van der Waals surface area contributed by atoms with Crippen molar-refractivity contribution in [3.63, 3.8) is 0 Å². The normalized spacial score (nSPS) is 10.3. The number of hydrogen-bond donors (Lipinski definition) is 0. The zero-order valence-electron chi connectivity index (χ0n) is 23.9. The molecule has 12 heteroatoms. The van der Waals surface area contributed by atoms with Crippen LogP contribution < -0.4 is 28.4 Å². The summed E-state index contributed by atoms with van der Waals surface area (Å²) in [6, 6.07) is 26.3. The predicted molar refractivity (Wildman–Crippen MR) is 175 cm³/mol. The fourth-order valence-corrected chi connectivity index (χ4v) is 4.74. The molecule has 46 heavy (non-hydrogen) atoms. The van der Waals surface area contributed by atoms with E-state index in [-0.39, 0.29) is 67.2 Å². The standard InChI is InChI=1S/C34H20Cl4N2O6/c1-41-21-5-9-23(10-6-21)43-31-25(17-39)26(18-40)32(44-24-11-7-22(42-2)8-12-24)34(46-30-16-20(36)4-14-28(30)38)33(31)45-29-15-19(35)3-13-27(29)37/h3-16H,1-2H3. The molecule has 0 heterocycles. The highest BCUT2D eigenvalue weighted by molar-refractivity contribution is 6.34. The van der Waals surface area contributed by atoms with Crippen molar-refractivity contribution in [2.24, 2.45) is 0 Å². The molecule has 230 valence electrons. The summed E-state index contributed by atoms with van der Waals surface area (Å²) < 4.78 is 35.7. The summed E-state index contributed by atoms with van der Waals surface area (Å²) in [5.74, 6) is 1.11. The van der Waals surface area contributed by atoms with Crippen LogP contribution in [0.1, 0.15) is 11.1 Å². The summed E-state index contributed by atoms with van der Waals surface area (Å²) in [5.41, 5.74) is -0.445. The monoisotopic (exact) mass is 692 g/mol. The highest BCUT2D eigenvalue weighted by Gasteiger charge is 2.32. The van der Waals surface area contributed by atoms with E-state index in [0.717, 1.165) is 0 Å². The third-order valence-corrected chi connectivity index (χ3v) is 7.41. The first-order chi connectivity index (χ1) is 22.2. The Morgan fingerprint density at radius 3 is 1.13 bits per heavy atom. The molecular formula is C34H20Cl4N2O6. The quantitative estimate of drug-likeness (QED) is 0.142. The molecular weight excluding hydrogens is 674 g/mol. The fourth-order valence-electron chi connectivity index (χ4n) is 4.11. The molecule has 0 aliphatic rings. The number of ether oxygens (including phenoxy) is 6. The van der Waals surface area contributed by atoms with E-state index in [1.165, 1.54) is 38.5 Å². The second-order valence-corrected chi connectivity index (χ2v) is 10.9. The van der Waals surface area contributed by atoms with Gasteiger partial charge in [0.25, 0.3) is 0 Å². The Morgan fingerprint density at radius 2 is 0.804 bits per heavy atom. The number of hydrogen-bond acceptors (Lipinski definition) is 8. The van der Waals surface area contributed by atoms with Crippen LogP contribution in [0.5, 0.6) is 57.5 Å². The molecule has 0 spiro atoms. The second-order valence-electron chi connectivity index (χ2n) is 9.20. The third-order valence-electron chi connectivity index (χ3n) is 6.32. The molecule has 0 N–H and O–H groups in total. The molecule has 5 aromatic carbocycles. The predicted octanol–water partition coefficient (Wildman–Crippen LogP) is 11.2. The van der Waals surface area contributed by atoms with Crippen LogP contribution in [0.25, 0.3) is 0 Å². The van der Waals surface area contributed by atoms with Gasteiger partial charge in [0.05, 0.1) is 24.3 Å². The Kier molecular flexibility index (Phi) is 10.2. The van der Waals surface area contributed by atoms with Gasteiger partial charge in [0.1, 0.15) is 57.8 Å². The van der Waals surface area contributed by atoms with E-state index in [1.807, 2.05) is 0 Å². The van der Waals surface area contributed by atoms with Gasteiger partial charge in [-0.05, 0) is 72.8 Å². The smallest absolute Gasteiger partial charge is 0.217 e. The number of nitrogens with zero attached hydrogens (tertiary/aromatic N) is 2. The molecule has 0 atom stereocenters. The van der Waals surface area contributed by atoms with Crippen LogP contribution in [0, 0.1) is 22.7 Å². The average Bonchev–Trinajstić information content (AvgIpc) is 3.07. The topological polar surface area (TPSA) is 103 Å². The number of benzene rings is 5. The summed E-state index contributed by atoms with van der Waals surface area (Å²) in [5, 5.41) is 21.8. The molecule has 0 aliphatic heterocycles. The van der Waals surface area contributed by atoms with Crippen molar-refractivity contribution < 1.29 is 28.4 Å². The van der Waals surface area contributed by atoms with Crippen molar-refractivity contribution >= 4 is 46.4 Å². The summed E-state index contributed by atoms with van der Waals surface area (Å²) in [4.78, 5) is 0. The molecule has 0 radical (unpaired) electrons. The molecule has 0 bridgehead atoms. The van der Waals surface area contributed by atoms with Crippen LogP contribution in [0.15, 0.2) is 84.9 Å². The molecule has 0 unspecified atom stereocenters. The maximum Gasteiger partial charge on any atom is 0.217 e. The Labute approximate surface area is 284 Å². The highest BCUT2D eigenvalue weighted by atomic mass is 35.5. The Bertz CT molecular complexity index is 1840. The SMILES string of the molecule is COc1ccc(Oc2c(C#N)c(C#N)c(Oc3ccc(OC)cc3)c(Oc3cc(Cl)ccc3Cl)c2Oc2cc(Cl)ccc2Cl)cc1. The van der Waals surface area contributed by atoms with Crippen LogP contribution in [0.4, 0.5) is 0 Å². The van der Waals surface area contributed by atoms with Gasteiger partial charge in [-0.1, -0.05) is 46.4 Å². The Balaban J connectivity index is 1.83. The minimum atomic E-state index is -0.223. The van der Waals surface area contributed by atoms with Crippen molar-refractivity contribution in [1.82, 2.24) is 0 Å². The molecule has 0 fully saturated rings. The Hall–Kier alpha value is -4.96. The summed E-state index contributed by atoms with van der Waals surface area (Å²) >= 11 is 25.6. The average molecular weight is 694 g/mol. The first kappa shape index (κ1) is 32.4. The molecule has 0 saturated carbocycles. The van der Waals surface area contributed by atoms with E-state index in [4.69, 9.17) is 74.8 Å². The van der Waals surface area contributed by atoms with Gasteiger partial charge in [0, 0.05) is 22.2 Å². The Morgan fingerprint density at radius 1 is 0.457 bits per heavy atom. The van der Waals surface area contributed by atoms with Crippen LogP contribution in [0.3, 0.4) is 0 Å². The molecule has 0 aromatic heterocycles. The minimum Gasteiger partial charge on any atom is -0.497 e. The van der Waals surface area contributed by atoms with Crippen molar-refractivity contribution in [2.75, 3.05) is 14.2 Å². The van der Waals surface area contributed by atoms with Gasteiger partial charge in [0.15, 0.2) is 11.5 Å². The lowest BCUT2D eigenvalue weighted by Gasteiger charge is -2.22. The molecule has 8 nitrogen and oxygen atoms in total. The zero-order chi connectivity index (χ0) is 32.8. The zero-order valence-corrected chi connectivity index (χ0v) is 27.0. The lowest BCUT2D eigenvalue weighted by atomic mass is 10.0. The van der Waals surface area contributed by atoms with Crippen LogP contribution in [0.2, 0.25) is 20.1 Å². The number of methoxy groups -OCH3 is 2. The van der Waals surface area contributed by atoms with E-state index < -0.39 is 0 Å². The van der Waals surface area contributed by atoms with Gasteiger partial charge in [-0.15, -0.1) is 0 Å². The summed E-state index contributed by atoms with van der Waals surface area (Å²) in [6.07, 6.45) is 0. The van der Waals surface area contributed by atoms with E-state index in [0.29, 0.717) is 21.5 Å². The van der Waals surface area contributed by atoms with Gasteiger partial charge in [0.2, 0.25) is 11.5 Å². The highest BCUT2D eigenvalue weighted by Crippen LogP contribution is 2.55. The third kappa shape index (κ3) is 7.13. The van der Waals surface area contributed by atoms with E-state index in [2.05, 4.69) is 12.1 Å². The summed E-state index contributed by atoms with van der Waals surface area (Å²) in [7, 11) is 3.05. The van der Waals surface area contributed by atoms with Crippen LogP contribution in [-0.2, 0) is 0 Å². The minimum absolute atomic E-state index is 0.0831. The first-order valence-electron chi connectivity index (χ1n) is 13.2. The van der Waals surface area contributed by atoms with Crippen molar-refractivity contribution in [3.8, 4) is 69.6 Å². The van der Waals surface area contributed by atoms with E-state index in [9.17, 15) is 10.5 Å². The van der Waals surface area contributed by atoms with Crippen LogP contribution in [-0.4, -0.2) is 14.2 Å². The fraction of sp³-hybridized carbons (Fsp3) is 0.0588. The van der Waals surface area contributed by atoms with Gasteiger partial charge in [-0.3, -0.25) is 0 Å². The second kappa shape index (κ2) is 14.4. The lowest BCUT2D eigenvalue weighted by molar-refractivity contribution is 0.364. The molecule has 0 aliphatic carbocycles. The van der Waals surface area contributed by atoms with Gasteiger partial charge in [-0.2, -0.15) is 10.5 Å². The molecule has 5 rings (SSSR count). The number of nitriles is 2. The molecule has 0 saturated heterocycles. The maximum absolute atomic E-state index is 10.4. The first-order valence-corrected chi connectivity index (χ1v) is 14.7. The molecule has 0 amide bonds. The van der Waals surface area contributed by atoms with Crippen molar-refractivity contribution in [2.45, 2.75) is 0 Å². The van der Waals surface area contributed by atoms with Gasteiger partial charge >= 0.3 is 0 Å². The molecule has 5 aromatic rings. The van der Waals surface area contributed by atoms with Gasteiger partial charge in [-0.25, -0.2) is 0 Å². The van der Waals surface area contributed by atoms with E-state index >= 15 is 0 Å².